The highest BCUT2D eigenvalue weighted by Crippen LogP contribution is 2.29. The van der Waals surface area contributed by atoms with Gasteiger partial charge in [-0.25, -0.2) is 0 Å². The Labute approximate surface area is 96.6 Å². The van der Waals surface area contributed by atoms with E-state index in [-0.39, 0.29) is 0 Å². The molecule has 2 rings (SSSR count). The largest absolute Gasteiger partial charge is 0.294 e. The predicted molar refractivity (Wildman–Crippen MR) is 62.9 cm³/mol. The summed E-state index contributed by atoms with van der Waals surface area (Å²) < 4.78 is 1.05. The van der Waals surface area contributed by atoms with Gasteiger partial charge in [-0.3, -0.25) is 4.79 Å². The van der Waals surface area contributed by atoms with E-state index in [1.807, 2.05) is 11.4 Å². The summed E-state index contributed by atoms with van der Waals surface area (Å²) in [5.41, 5.74) is 0.897. The molecule has 0 atom stereocenters. The maximum Gasteiger partial charge on any atom is 0.166 e. The fraction of sp³-hybridized carbons (Fsp3) is 0.545. The third-order valence-corrected chi connectivity index (χ3v) is 4.33. The second kappa shape index (κ2) is 4.58. The number of carbonyl (C=O) groups excluding carboxylic acids is 1. The zero-order valence-corrected chi connectivity index (χ0v) is 10.4. The van der Waals surface area contributed by atoms with Gasteiger partial charge in [-0.15, -0.1) is 11.3 Å². The van der Waals surface area contributed by atoms with Crippen molar-refractivity contribution in [2.75, 3.05) is 0 Å². The van der Waals surface area contributed by atoms with Crippen LogP contribution in [0.15, 0.2) is 15.2 Å². The average Bonchev–Trinajstić information content (AvgIpc) is 2.65. The summed E-state index contributed by atoms with van der Waals surface area (Å²) in [6.07, 6.45) is 5.93. The van der Waals surface area contributed by atoms with Gasteiger partial charge in [0.2, 0.25) is 0 Å². The molecule has 0 unspecified atom stereocenters. The Morgan fingerprint density at radius 2 is 2.07 bits per heavy atom. The molecule has 1 aromatic heterocycles. The normalized spacial score (nSPS) is 18.4. The first-order valence-electron chi connectivity index (χ1n) is 5.05. The Bertz CT molecular complexity index is 326. The first kappa shape index (κ1) is 10.4. The van der Waals surface area contributed by atoms with Crippen LogP contribution in [0, 0.1) is 5.92 Å². The summed E-state index contributed by atoms with van der Waals surface area (Å²) in [5.74, 6) is 0.650. The van der Waals surface area contributed by atoms with Crippen molar-refractivity contribution in [3.8, 4) is 0 Å². The lowest BCUT2D eigenvalue weighted by Gasteiger charge is -2.19. The van der Waals surface area contributed by atoms with Gasteiger partial charge in [-0.05, 0) is 34.8 Å². The molecule has 0 spiro atoms. The second-order valence-electron chi connectivity index (χ2n) is 3.84. The van der Waals surface area contributed by atoms with Crippen LogP contribution in [0.5, 0.6) is 0 Å². The number of carbonyl (C=O) groups is 1. The fourth-order valence-corrected chi connectivity index (χ4v) is 3.19. The Balaban J connectivity index is 2.07. The number of thiophene rings is 1. The van der Waals surface area contributed by atoms with E-state index in [1.165, 1.54) is 19.3 Å². The van der Waals surface area contributed by atoms with E-state index in [9.17, 15) is 4.79 Å². The Kier molecular flexibility index (Phi) is 3.39. The molecule has 0 saturated heterocycles. The zero-order valence-electron chi connectivity index (χ0n) is 7.96. The lowest BCUT2D eigenvalue weighted by atomic mass is 9.84. The third-order valence-electron chi connectivity index (χ3n) is 2.83. The Morgan fingerprint density at radius 1 is 1.36 bits per heavy atom. The molecule has 1 saturated carbocycles. The van der Waals surface area contributed by atoms with Gasteiger partial charge < -0.3 is 0 Å². The molecule has 0 aliphatic heterocycles. The Morgan fingerprint density at radius 3 is 2.64 bits per heavy atom. The summed E-state index contributed by atoms with van der Waals surface area (Å²) in [5, 5.41) is 1.96. The summed E-state index contributed by atoms with van der Waals surface area (Å²) in [4.78, 5) is 12.0. The maximum atomic E-state index is 12.0. The molecule has 1 aromatic rings. The van der Waals surface area contributed by atoms with Gasteiger partial charge in [0.25, 0.3) is 0 Å². The monoisotopic (exact) mass is 272 g/mol. The van der Waals surface area contributed by atoms with Crippen LogP contribution in [0.3, 0.4) is 0 Å². The van der Waals surface area contributed by atoms with E-state index in [1.54, 1.807) is 11.3 Å². The topological polar surface area (TPSA) is 17.1 Å². The molecule has 76 valence electrons. The van der Waals surface area contributed by atoms with Crippen molar-refractivity contribution in [1.29, 1.82) is 0 Å². The second-order valence-corrected chi connectivity index (χ2v) is 6.13. The first-order chi connectivity index (χ1) is 6.77. The van der Waals surface area contributed by atoms with Gasteiger partial charge in [0.05, 0.1) is 3.79 Å². The van der Waals surface area contributed by atoms with E-state index in [0.717, 1.165) is 22.2 Å². The molecule has 1 aliphatic rings. The van der Waals surface area contributed by atoms with Gasteiger partial charge in [0, 0.05) is 16.9 Å². The molecule has 1 nitrogen and oxygen atoms in total. The van der Waals surface area contributed by atoms with Crippen molar-refractivity contribution in [3.05, 3.63) is 20.8 Å². The molecule has 3 heteroatoms. The first-order valence-corrected chi connectivity index (χ1v) is 6.73. The van der Waals surface area contributed by atoms with Crippen LogP contribution in [0.4, 0.5) is 0 Å². The van der Waals surface area contributed by atoms with Crippen molar-refractivity contribution in [2.45, 2.75) is 32.1 Å². The number of halogens is 1. The van der Waals surface area contributed by atoms with Crippen LogP contribution in [-0.2, 0) is 0 Å². The highest BCUT2D eigenvalue weighted by molar-refractivity contribution is 9.11. The van der Waals surface area contributed by atoms with Gasteiger partial charge in [0.1, 0.15) is 0 Å². The summed E-state index contributed by atoms with van der Waals surface area (Å²) in [7, 11) is 0. The number of Topliss-reactive ketones (excluding diaryl/α,β-unsaturated/α-hetero) is 1. The van der Waals surface area contributed by atoms with Crippen molar-refractivity contribution < 1.29 is 4.79 Å². The molecular weight excluding hydrogens is 260 g/mol. The standard InChI is InChI=1S/C11H13BrOS/c12-10-6-9(7-14-10)11(13)8-4-2-1-3-5-8/h6-8H,1-5H2. The van der Waals surface area contributed by atoms with Crippen LogP contribution in [0.2, 0.25) is 0 Å². The molecule has 0 amide bonds. The van der Waals surface area contributed by atoms with Crippen molar-refractivity contribution >= 4 is 33.0 Å². The smallest absolute Gasteiger partial charge is 0.166 e. The maximum absolute atomic E-state index is 12.0. The third kappa shape index (κ3) is 2.26. The van der Waals surface area contributed by atoms with Crippen molar-refractivity contribution in [2.24, 2.45) is 5.92 Å². The molecule has 1 heterocycles. The van der Waals surface area contributed by atoms with E-state index in [2.05, 4.69) is 15.9 Å². The highest BCUT2D eigenvalue weighted by Gasteiger charge is 2.22. The number of rotatable bonds is 2. The quantitative estimate of drug-likeness (QED) is 0.735. The molecular formula is C11H13BrOS. The fourth-order valence-electron chi connectivity index (χ4n) is 2.04. The van der Waals surface area contributed by atoms with Gasteiger partial charge in [0.15, 0.2) is 5.78 Å². The molecule has 0 aromatic carbocycles. The number of ketones is 1. The Hall–Kier alpha value is -0.150. The van der Waals surface area contributed by atoms with E-state index in [0.29, 0.717) is 11.7 Å². The van der Waals surface area contributed by atoms with Gasteiger partial charge in [-0.1, -0.05) is 19.3 Å². The van der Waals surface area contributed by atoms with Crippen molar-refractivity contribution in [3.63, 3.8) is 0 Å². The lowest BCUT2D eigenvalue weighted by molar-refractivity contribution is 0.0890. The number of hydrogen-bond acceptors (Lipinski definition) is 2. The minimum atomic E-state index is 0.297. The molecule has 1 aliphatic carbocycles. The molecule has 1 fully saturated rings. The van der Waals surface area contributed by atoms with E-state index in [4.69, 9.17) is 0 Å². The van der Waals surface area contributed by atoms with Gasteiger partial charge in [-0.2, -0.15) is 0 Å². The minimum absolute atomic E-state index is 0.297. The minimum Gasteiger partial charge on any atom is -0.294 e. The predicted octanol–water partition coefficient (Wildman–Crippen LogP) is 4.27. The summed E-state index contributed by atoms with van der Waals surface area (Å²) in [6, 6.07) is 1.95. The average molecular weight is 273 g/mol. The van der Waals surface area contributed by atoms with Crippen LogP contribution >= 0.6 is 27.3 Å². The number of hydrogen-bond donors (Lipinski definition) is 0. The van der Waals surface area contributed by atoms with E-state index < -0.39 is 0 Å². The van der Waals surface area contributed by atoms with Crippen LogP contribution in [0.25, 0.3) is 0 Å². The van der Waals surface area contributed by atoms with Gasteiger partial charge >= 0.3 is 0 Å². The van der Waals surface area contributed by atoms with Crippen LogP contribution < -0.4 is 0 Å². The molecule has 0 radical (unpaired) electrons. The van der Waals surface area contributed by atoms with Crippen LogP contribution in [0.1, 0.15) is 42.5 Å². The molecule has 14 heavy (non-hydrogen) atoms. The van der Waals surface area contributed by atoms with E-state index >= 15 is 0 Å². The molecule has 0 bridgehead atoms. The SMILES string of the molecule is O=C(c1csc(Br)c1)C1CCCCC1. The summed E-state index contributed by atoms with van der Waals surface area (Å²) >= 11 is 4.98. The highest BCUT2D eigenvalue weighted by atomic mass is 79.9. The zero-order chi connectivity index (χ0) is 9.97. The lowest BCUT2D eigenvalue weighted by Crippen LogP contribution is -2.17. The molecule has 0 N–H and O–H groups in total. The van der Waals surface area contributed by atoms with Crippen molar-refractivity contribution in [1.82, 2.24) is 0 Å². The summed E-state index contributed by atoms with van der Waals surface area (Å²) in [6.45, 7) is 0. The van der Waals surface area contributed by atoms with Crippen LogP contribution in [-0.4, -0.2) is 5.78 Å².